The molecule has 3 nitrogen and oxygen atoms in total. The van der Waals surface area contributed by atoms with Crippen molar-refractivity contribution >= 4 is 17.5 Å². The Balaban J connectivity index is 1.89. The number of amides is 1. The second-order valence-corrected chi connectivity index (χ2v) is 6.21. The molecule has 2 aromatic rings. The Kier molecular flexibility index (Phi) is 6.20. The fourth-order valence-corrected chi connectivity index (χ4v) is 2.74. The minimum atomic E-state index is 0.0273. The highest BCUT2D eigenvalue weighted by Crippen LogP contribution is 2.21. The van der Waals surface area contributed by atoms with E-state index in [0.717, 1.165) is 5.56 Å². The maximum absolute atomic E-state index is 12.3. The van der Waals surface area contributed by atoms with Crippen LogP contribution < -0.4 is 5.32 Å². The maximum Gasteiger partial charge on any atom is 0.236 e. The van der Waals surface area contributed by atoms with Gasteiger partial charge in [-0.15, -0.1) is 0 Å². The van der Waals surface area contributed by atoms with E-state index in [2.05, 4.69) is 24.4 Å². The van der Waals surface area contributed by atoms with E-state index in [1.807, 2.05) is 50.4 Å². The van der Waals surface area contributed by atoms with Crippen molar-refractivity contribution in [2.45, 2.75) is 26.4 Å². The van der Waals surface area contributed by atoms with Crippen LogP contribution in [-0.2, 0) is 11.3 Å². The molecule has 4 heteroatoms. The Morgan fingerprint density at radius 3 is 2.52 bits per heavy atom. The lowest BCUT2D eigenvalue weighted by atomic mass is 10.1. The quantitative estimate of drug-likeness (QED) is 0.869. The molecule has 0 saturated heterocycles. The lowest BCUT2D eigenvalue weighted by molar-refractivity contribution is -0.129. The molecular formula is C19H23ClN2O. The van der Waals surface area contributed by atoms with E-state index >= 15 is 0 Å². The van der Waals surface area contributed by atoms with Gasteiger partial charge in [-0.25, -0.2) is 0 Å². The predicted molar refractivity (Wildman–Crippen MR) is 95.5 cm³/mol. The number of likely N-dealkylation sites (N-methyl/N-ethyl adjacent to an activating group) is 1. The second kappa shape index (κ2) is 8.14. The average molecular weight is 331 g/mol. The molecule has 2 aromatic carbocycles. The lowest BCUT2D eigenvalue weighted by Gasteiger charge is -2.21. The van der Waals surface area contributed by atoms with Crippen LogP contribution in [0.5, 0.6) is 0 Å². The van der Waals surface area contributed by atoms with Gasteiger partial charge in [-0.2, -0.15) is 0 Å². The molecule has 0 aliphatic heterocycles. The molecule has 0 radical (unpaired) electrons. The predicted octanol–water partition coefficient (Wildman–Crippen LogP) is 3.96. The summed E-state index contributed by atoms with van der Waals surface area (Å²) in [6.07, 6.45) is 0. The second-order valence-electron chi connectivity index (χ2n) is 5.80. The van der Waals surface area contributed by atoms with Gasteiger partial charge in [-0.05, 0) is 36.6 Å². The Hall–Kier alpha value is -1.84. The number of hydrogen-bond acceptors (Lipinski definition) is 2. The Morgan fingerprint density at radius 2 is 1.83 bits per heavy atom. The SMILES string of the molecule is Cc1ccccc1CN(C)C(=O)CNC(C)c1ccccc1Cl. The largest absolute Gasteiger partial charge is 0.340 e. The smallest absolute Gasteiger partial charge is 0.236 e. The number of rotatable bonds is 6. The van der Waals surface area contributed by atoms with Crippen molar-refractivity contribution < 1.29 is 4.79 Å². The summed E-state index contributed by atoms with van der Waals surface area (Å²) < 4.78 is 0. The van der Waals surface area contributed by atoms with Crippen LogP contribution >= 0.6 is 11.6 Å². The molecule has 1 amide bonds. The number of halogens is 1. The van der Waals surface area contributed by atoms with E-state index in [9.17, 15) is 4.79 Å². The van der Waals surface area contributed by atoms with Gasteiger partial charge in [0.2, 0.25) is 5.91 Å². The van der Waals surface area contributed by atoms with Crippen LogP contribution in [0.4, 0.5) is 0 Å². The summed E-state index contributed by atoms with van der Waals surface area (Å²) in [6.45, 7) is 4.98. The van der Waals surface area contributed by atoms with Gasteiger partial charge >= 0.3 is 0 Å². The van der Waals surface area contributed by atoms with E-state index in [4.69, 9.17) is 11.6 Å². The minimum absolute atomic E-state index is 0.0273. The zero-order chi connectivity index (χ0) is 16.8. The van der Waals surface area contributed by atoms with Crippen LogP contribution in [0.2, 0.25) is 5.02 Å². The fraction of sp³-hybridized carbons (Fsp3) is 0.316. The first-order valence-electron chi connectivity index (χ1n) is 7.75. The summed E-state index contributed by atoms with van der Waals surface area (Å²) >= 11 is 6.19. The first-order chi connectivity index (χ1) is 11.0. The molecule has 23 heavy (non-hydrogen) atoms. The minimum Gasteiger partial charge on any atom is -0.340 e. The summed E-state index contributed by atoms with van der Waals surface area (Å²) in [4.78, 5) is 14.1. The molecule has 1 N–H and O–H groups in total. The van der Waals surface area contributed by atoms with Crippen molar-refractivity contribution in [1.29, 1.82) is 0 Å². The van der Waals surface area contributed by atoms with E-state index in [1.165, 1.54) is 11.1 Å². The van der Waals surface area contributed by atoms with Gasteiger partial charge in [-0.1, -0.05) is 54.1 Å². The Labute approximate surface area is 143 Å². The van der Waals surface area contributed by atoms with Crippen LogP contribution in [-0.4, -0.2) is 24.4 Å². The third-order valence-electron chi connectivity index (χ3n) is 4.03. The fourth-order valence-electron chi connectivity index (χ4n) is 2.44. The van der Waals surface area contributed by atoms with Crippen LogP contribution in [0.3, 0.4) is 0 Å². The molecule has 0 bridgehead atoms. The van der Waals surface area contributed by atoms with E-state index in [0.29, 0.717) is 11.6 Å². The molecule has 0 saturated carbocycles. The third kappa shape index (κ3) is 4.81. The van der Waals surface area contributed by atoms with Gasteiger partial charge in [0.15, 0.2) is 0 Å². The summed E-state index contributed by atoms with van der Waals surface area (Å²) in [5.74, 6) is 0.0622. The number of carbonyl (C=O) groups is 1. The van der Waals surface area contributed by atoms with Crippen LogP contribution in [0.15, 0.2) is 48.5 Å². The van der Waals surface area contributed by atoms with Gasteiger partial charge in [0.05, 0.1) is 6.54 Å². The Bertz CT molecular complexity index is 672. The molecule has 0 fully saturated rings. The lowest BCUT2D eigenvalue weighted by Crippen LogP contribution is -2.36. The van der Waals surface area contributed by atoms with E-state index in [1.54, 1.807) is 4.90 Å². The molecule has 0 aliphatic rings. The van der Waals surface area contributed by atoms with Crippen molar-refractivity contribution in [3.05, 3.63) is 70.2 Å². The van der Waals surface area contributed by atoms with Gasteiger partial charge in [0.25, 0.3) is 0 Å². The molecule has 1 atom stereocenters. The van der Waals surface area contributed by atoms with Crippen molar-refractivity contribution in [3.8, 4) is 0 Å². The van der Waals surface area contributed by atoms with E-state index < -0.39 is 0 Å². The third-order valence-corrected chi connectivity index (χ3v) is 4.37. The summed E-state index contributed by atoms with van der Waals surface area (Å²) in [5.41, 5.74) is 3.37. The van der Waals surface area contributed by atoms with Gasteiger partial charge in [-0.3, -0.25) is 4.79 Å². The van der Waals surface area contributed by atoms with Gasteiger partial charge in [0, 0.05) is 24.7 Å². The van der Waals surface area contributed by atoms with Crippen LogP contribution in [0.1, 0.15) is 29.7 Å². The molecular weight excluding hydrogens is 308 g/mol. The van der Waals surface area contributed by atoms with Crippen LogP contribution in [0, 0.1) is 6.92 Å². The van der Waals surface area contributed by atoms with Crippen molar-refractivity contribution in [1.82, 2.24) is 10.2 Å². The van der Waals surface area contributed by atoms with Gasteiger partial charge in [0.1, 0.15) is 0 Å². The molecule has 122 valence electrons. The first kappa shape index (κ1) is 17.5. The molecule has 2 rings (SSSR count). The number of aryl methyl sites for hydroxylation is 1. The maximum atomic E-state index is 12.3. The first-order valence-corrected chi connectivity index (χ1v) is 8.13. The zero-order valence-corrected chi connectivity index (χ0v) is 14.6. The summed E-state index contributed by atoms with van der Waals surface area (Å²) in [7, 11) is 1.83. The van der Waals surface area contributed by atoms with Crippen molar-refractivity contribution in [2.75, 3.05) is 13.6 Å². The molecule has 1 unspecified atom stereocenters. The zero-order valence-electron chi connectivity index (χ0n) is 13.8. The molecule has 0 spiro atoms. The summed E-state index contributed by atoms with van der Waals surface area (Å²) in [6, 6.07) is 15.8. The van der Waals surface area contributed by atoms with Crippen molar-refractivity contribution in [2.24, 2.45) is 0 Å². The highest BCUT2D eigenvalue weighted by atomic mass is 35.5. The van der Waals surface area contributed by atoms with E-state index in [-0.39, 0.29) is 18.5 Å². The topological polar surface area (TPSA) is 32.3 Å². The number of benzene rings is 2. The molecule has 0 aromatic heterocycles. The normalized spacial score (nSPS) is 12.0. The highest BCUT2D eigenvalue weighted by Gasteiger charge is 2.13. The highest BCUT2D eigenvalue weighted by molar-refractivity contribution is 6.31. The summed E-state index contributed by atoms with van der Waals surface area (Å²) in [5, 5.41) is 3.96. The Morgan fingerprint density at radius 1 is 1.17 bits per heavy atom. The van der Waals surface area contributed by atoms with Crippen molar-refractivity contribution in [3.63, 3.8) is 0 Å². The molecule has 0 aliphatic carbocycles. The number of hydrogen-bond donors (Lipinski definition) is 1. The molecule has 0 heterocycles. The average Bonchev–Trinajstić information content (AvgIpc) is 2.54. The monoisotopic (exact) mass is 330 g/mol. The number of nitrogens with one attached hydrogen (secondary N) is 1. The van der Waals surface area contributed by atoms with Crippen LogP contribution in [0.25, 0.3) is 0 Å². The number of nitrogens with zero attached hydrogens (tertiary/aromatic N) is 1. The van der Waals surface area contributed by atoms with Gasteiger partial charge < -0.3 is 10.2 Å². The number of carbonyl (C=O) groups excluding carboxylic acids is 1. The standard InChI is InChI=1S/C19H23ClN2O/c1-14-8-4-5-9-16(14)13-22(3)19(23)12-21-15(2)17-10-6-7-11-18(17)20/h4-11,15,21H,12-13H2,1-3H3.